The third-order valence-corrected chi connectivity index (χ3v) is 5.39. The molecule has 1 saturated heterocycles. The van der Waals surface area contributed by atoms with E-state index in [9.17, 15) is 19.1 Å². The quantitative estimate of drug-likeness (QED) is 0.285. The molecule has 5 rings (SSSR count). The SMILES string of the molecule is O=C1C(=O)N(c2cccc(F)c2)C(c2ccco2)/C1=C(/O)c1cccc2ccccc12. The molecule has 4 aromatic rings. The first-order chi connectivity index (χ1) is 15.1. The number of anilines is 1. The molecule has 1 aromatic heterocycles. The Morgan fingerprint density at radius 3 is 2.48 bits per heavy atom. The summed E-state index contributed by atoms with van der Waals surface area (Å²) < 4.78 is 19.4. The van der Waals surface area contributed by atoms with Gasteiger partial charge in [-0.3, -0.25) is 14.5 Å². The number of amides is 1. The van der Waals surface area contributed by atoms with Gasteiger partial charge in [0, 0.05) is 11.3 Å². The molecule has 1 fully saturated rings. The molecule has 0 bridgehead atoms. The summed E-state index contributed by atoms with van der Waals surface area (Å²) >= 11 is 0. The third-order valence-electron chi connectivity index (χ3n) is 5.39. The number of hydrogen-bond donors (Lipinski definition) is 1. The summed E-state index contributed by atoms with van der Waals surface area (Å²) in [6.07, 6.45) is 1.42. The number of benzene rings is 3. The topological polar surface area (TPSA) is 70.8 Å². The lowest BCUT2D eigenvalue weighted by Crippen LogP contribution is -2.29. The lowest BCUT2D eigenvalue weighted by Gasteiger charge is -2.23. The van der Waals surface area contributed by atoms with Crippen LogP contribution in [0.25, 0.3) is 16.5 Å². The Bertz CT molecular complexity index is 1350. The Morgan fingerprint density at radius 2 is 1.71 bits per heavy atom. The number of carbonyl (C=O) groups is 2. The fourth-order valence-corrected chi connectivity index (χ4v) is 4.02. The van der Waals surface area contributed by atoms with Crippen molar-refractivity contribution in [3.8, 4) is 0 Å². The molecule has 1 atom stereocenters. The second kappa shape index (κ2) is 7.25. The molecular weight excluding hydrogens is 397 g/mol. The number of fused-ring (bicyclic) bond motifs is 1. The van der Waals surface area contributed by atoms with E-state index in [1.54, 1.807) is 24.3 Å². The van der Waals surface area contributed by atoms with Crippen LogP contribution in [0.1, 0.15) is 17.4 Å². The van der Waals surface area contributed by atoms with E-state index < -0.39 is 23.5 Å². The Labute approximate surface area is 176 Å². The zero-order valence-corrected chi connectivity index (χ0v) is 16.2. The number of nitrogens with zero attached hydrogens (tertiary/aromatic N) is 1. The molecule has 31 heavy (non-hydrogen) atoms. The van der Waals surface area contributed by atoms with E-state index in [4.69, 9.17) is 4.42 Å². The first kappa shape index (κ1) is 18.8. The van der Waals surface area contributed by atoms with Gasteiger partial charge in [0.15, 0.2) is 0 Å². The van der Waals surface area contributed by atoms with Crippen LogP contribution >= 0.6 is 0 Å². The van der Waals surface area contributed by atoms with Crippen LogP contribution in [0.15, 0.2) is 95.1 Å². The largest absolute Gasteiger partial charge is 0.507 e. The number of furan rings is 1. The van der Waals surface area contributed by atoms with E-state index in [2.05, 4.69) is 0 Å². The number of aliphatic hydroxyl groups is 1. The van der Waals surface area contributed by atoms with Gasteiger partial charge >= 0.3 is 0 Å². The van der Waals surface area contributed by atoms with Crippen LogP contribution in [0, 0.1) is 5.82 Å². The smallest absolute Gasteiger partial charge is 0.300 e. The fourth-order valence-electron chi connectivity index (χ4n) is 4.02. The maximum absolute atomic E-state index is 13.9. The average Bonchev–Trinajstić information content (AvgIpc) is 3.40. The minimum atomic E-state index is -1.03. The van der Waals surface area contributed by atoms with Crippen molar-refractivity contribution in [1.29, 1.82) is 0 Å². The average molecular weight is 413 g/mol. The van der Waals surface area contributed by atoms with Crippen molar-refractivity contribution in [2.75, 3.05) is 4.90 Å². The highest BCUT2D eigenvalue weighted by atomic mass is 19.1. The van der Waals surface area contributed by atoms with Crippen molar-refractivity contribution in [2.45, 2.75) is 6.04 Å². The van der Waals surface area contributed by atoms with Gasteiger partial charge in [0.2, 0.25) is 0 Å². The van der Waals surface area contributed by atoms with Crippen LogP contribution < -0.4 is 4.90 Å². The lowest BCUT2D eigenvalue weighted by atomic mass is 9.96. The number of ketones is 1. The van der Waals surface area contributed by atoms with Crippen molar-refractivity contribution < 1.29 is 23.5 Å². The Kier molecular flexibility index (Phi) is 4.40. The Balaban J connectivity index is 1.77. The molecule has 1 aliphatic rings. The minimum absolute atomic E-state index is 0.111. The summed E-state index contributed by atoms with van der Waals surface area (Å²) in [6, 6.07) is 20.4. The van der Waals surface area contributed by atoms with Crippen LogP contribution in [0.2, 0.25) is 0 Å². The first-order valence-corrected chi connectivity index (χ1v) is 9.64. The van der Waals surface area contributed by atoms with Gasteiger partial charge in [-0.25, -0.2) is 4.39 Å². The molecular formula is C25H16FNO4. The standard InChI is InChI=1S/C25H16FNO4/c26-16-8-4-9-17(14-16)27-22(20-12-5-13-31-20)21(24(29)25(27)30)23(28)19-11-3-7-15-6-1-2-10-18(15)19/h1-14,22,28H/b23-21-. The van der Waals surface area contributed by atoms with Crippen molar-refractivity contribution in [1.82, 2.24) is 0 Å². The van der Waals surface area contributed by atoms with Crippen molar-refractivity contribution in [2.24, 2.45) is 0 Å². The number of carbonyl (C=O) groups excluding carboxylic acids is 2. The van der Waals surface area contributed by atoms with E-state index in [0.717, 1.165) is 15.7 Å². The normalized spacial score (nSPS) is 18.1. The van der Waals surface area contributed by atoms with E-state index in [-0.39, 0.29) is 22.8 Å². The van der Waals surface area contributed by atoms with Gasteiger partial charge in [-0.2, -0.15) is 0 Å². The van der Waals surface area contributed by atoms with E-state index >= 15 is 0 Å². The molecule has 3 aromatic carbocycles. The van der Waals surface area contributed by atoms with Gasteiger partial charge in [0.25, 0.3) is 11.7 Å². The molecule has 2 heterocycles. The number of Topliss-reactive ketones (excluding diaryl/α,β-unsaturated/α-hetero) is 1. The fraction of sp³-hybridized carbons (Fsp3) is 0.0400. The summed E-state index contributed by atoms with van der Waals surface area (Å²) in [6.45, 7) is 0. The maximum atomic E-state index is 13.9. The van der Waals surface area contributed by atoms with E-state index in [1.165, 1.54) is 30.5 Å². The lowest BCUT2D eigenvalue weighted by molar-refractivity contribution is -0.132. The molecule has 5 nitrogen and oxygen atoms in total. The van der Waals surface area contributed by atoms with Crippen LogP contribution in [-0.4, -0.2) is 16.8 Å². The summed E-state index contributed by atoms with van der Waals surface area (Å²) in [7, 11) is 0. The maximum Gasteiger partial charge on any atom is 0.300 e. The zero-order valence-electron chi connectivity index (χ0n) is 16.2. The van der Waals surface area contributed by atoms with Crippen LogP contribution in [0.4, 0.5) is 10.1 Å². The van der Waals surface area contributed by atoms with Crippen molar-refractivity contribution >= 4 is 33.9 Å². The summed E-state index contributed by atoms with van der Waals surface area (Å²) in [4.78, 5) is 27.2. The molecule has 0 spiro atoms. The zero-order chi connectivity index (χ0) is 21.5. The monoisotopic (exact) mass is 413 g/mol. The van der Waals surface area contributed by atoms with Gasteiger partial charge < -0.3 is 9.52 Å². The number of halogens is 1. The number of hydrogen-bond acceptors (Lipinski definition) is 4. The van der Waals surface area contributed by atoms with Gasteiger partial charge in [-0.1, -0.05) is 48.5 Å². The Morgan fingerprint density at radius 1 is 0.935 bits per heavy atom. The van der Waals surface area contributed by atoms with Crippen molar-refractivity contribution in [3.63, 3.8) is 0 Å². The Hall–Kier alpha value is -4.19. The number of rotatable bonds is 3. The minimum Gasteiger partial charge on any atom is -0.507 e. The van der Waals surface area contributed by atoms with Gasteiger partial charge in [-0.15, -0.1) is 0 Å². The molecule has 1 N–H and O–H groups in total. The summed E-state index contributed by atoms with van der Waals surface area (Å²) in [5, 5.41) is 12.9. The molecule has 1 aliphatic heterocycles. The van der Waals surface area contributed by atoms with Crippen molar-refractivity contribution in [3.05, 3.63) is 108 Å². The highest BCUT2D eigenvalue weighted by Crippen LogP contribution is 2.43. The molecule has 0 radical (unpaired) electrons. The highest BCUT2D eigenvalue weighted by Gasteiger charge is 2.48. The first-order valence-electron chi connectivity index (χ1n) is 9.64. The highest BCUT2D eigenvalue weighted by molar-refractivity contribution is 6.51. The molecule has 1 amide bonds. The van der Waals surface area contributed by atoms with Crippen LogP contribution in [0.3, 0.4) is 0 Å². The van der Waals surface area contributed by atoms with Crippen LogP contribution in [-0.2, 0) is 9.59 Å². The van der Waals surface area contributed by atoms with E-state index in [0.29, 0.717) is 5.56 Å². The molecule has 0 saturated carbocycles. The molecule has 152 valence electrons. The molecule has 0 aliphatic carbocycles. The second-order valence-electron chi connectivity index (χ2n) is 7.19. The number of aliphatic hydroxyl groups excluding tert-OH is 1. The van der Waals surface area contributed by atoms with Gasteiger partial charge in [0.1, 0.15) is 23.4 Å². The van der Waals surface area contributed by atoms with Gasteiger partial charge in [-0.05, 0) is 41.1 Å². The van der Waals surface area contributed by atoms with Gasteiger partial charge in [0.05, 0.1) is 11.8 Å². The molecule has 6 heteroatoms. The molecule has 1 unspecified atom stereocenters. The predicted molar refractivity (Wildman–Crippen MR) is 114 cm³/mol. The predicted octanol–water partition coefficient (Wildman–Crippen LogP) is 5.20. The van der Waals surface area contributed by atoms with E-state index in [1.807, 2.05) is 30.3 Å². The third kappa shape index (κ3) is 3.00. The van der Waals surface area contributed by atoms with Crippen LogP contribution in [0.5, 0.6) is 0 Å². The summed E-state index contributed by atoms with van der Waals surface area (Å²) in [5.41, 5.74) is 0.507. The summed E-state index contributed by atoms with van der Waals surface area (Å²) in [5.74, 6) is -2.31. The second-order valence-corrected chi connectivity index (χ2v) is 7.19.